The number of aryl methyl sites for hydroxylation is 2. The molecule has 1 amide bonds. The summed E-state index contributed by atoms with van der Waals surface area (Å²) >= 11 is 0. The number of nitrogen functional groups attached to an aromatic ring is 1. The van der Waals surface area contributed by atoms with E-state index in [-0.39, 0.29) is 5.91 Å². The van der Waals surface area contributed by atoms with Gasteiger partial charge in [-0.3, -0.25) is 4.79 Å². The van der Waals surface area contributed by atoms with Gasteiger partial charge in [-0.15, -0.1) is 0 Å². The molecule has 0 heterocycles. The van der Waals surface area contributed by atoms with Gasteiger partial charge in [-0.2, -0.15) is 0 Å². The normalized spacial score (nSPS) is 10.2. The van der Waals surface area contributed by atoms with Crippen molar-refractivity contribution in [2.24, 2.45) is 0 Å². The molecule has 2 rings (SSSR count). The summed E-state index contributed by atoms with van der Waals surface area (Å²) in [6.45, 7) is 3.99. The number of carbonyl (C=O) groups is 1. The Morgan fingerprint density at radius 3 is 2.53 bits per heavy atom. The van der Waals surface area contributed by atoms with Crippen molar-refractivity contribution >= 4 is 17.3 Å². The number of anilines is 2. The zero-order chi connectivity index (χ0) is 13.8. The van der Waals surface area contributed by atoms with E-state index in [4.69, 9.17) is 5.73 Å². The summed E-state index contributed by atoms with van der Waals surface area (Å²) in [5.41, 5.74) is 10.2. The van der Waals surface area contributed by atoms with Crippen LogP contribution >= 0.6 is 0 Å². The lowest BCUT2D eigenvalue weighted by Crippen LogP contribution is -2.13. The Bertz CT molecular complexity index is 591. The van der Waals surface area contributed by atoms with Crippen LogP contribution in [0.2, 0.25) is 0 Å². The first-order valence-electron chi connectivity index (χ1n) is 6.37. The first-order valence-corrected chi connectivity index (χ1v) is 6.37. The Balaban J connectivity index is 2.26. The van der Waals surface area contributed by atoms with E-state index in [1.54, 1.807) is 12.1 Å². The molecule has 2 aromatic carbocycles. The molecule has 0 aliphatic heterocycles. The molecule has 0 aromatic heterocycles. The van der Waals surface area contributed by atoms with Crippen molar-refractivity contribution in [3.05, 3.63) is 59.2 Å². The van der Waals surface area contributed by atoms with Crippen molar-refractivity contribution in [1.82, 2.24) is 0 Å². The second kappa shape index (κ2) is 5.57. The summed E-state index contributed by atoms with van der Waals surface area (Å²) in [5.74, 6) is -0.101. The van der Waals surface area contributed by atoms with Gasteiger partial charge in [0.2, 0.25) is 0 Å². The van der Waals surface area contributed by atoms with Crippen molar-refractivity contribution in [2.45, 2.75) is 20.3 Å². The van der Waals surface area contributed by atoms with Crippen LogP contribution in [0.5, 0.6) is 0 Å². The number of amides is 1. The summed E-state index contributed by atoms with van der Waals surface area (Å²) in [6.07, 6.45) is 0.848. The molecule has 0 radical (unpaired) electrons. The van der Waals surface area contributed by atoms with Crippen LogP contribution in [-0.2, 0) is 6.42 Å². The smallest absolute Gasteiger partial charge is 0.255 e. The summed E-state index contributed by atoms with van der Waals surface area (Å²) in [7, 11) is 0. The van der Waals surface area contributed by atoms with E-state index in [1.807, 2.05) is 44.2 Å². The number of hydrogen-bond acceptors (Lipinski definition) is 2. The van der Waals surface area contributed by atoms with Gasteiger partial charge < -0.3 is 11.1 Å². The molecule has 0 aliphatic rings. The molecule has 0 atom stereocenters. The highest BCUT2D eigenvalue weighted by Crippen LogP contribution is 2.23. The number of nitrogens with one attached hydrogen (secondary N) is 1. The lowest BCUT2D eigenvalue weighted by molar-refractivity contribution is 0.102. The van der Waals surface area contributed by atoms with Gasteiger partial charge in [0, 0.05) is 16.9 Å². The van der Waals surface area contributed by atoms with Gasteiger partial charge in [0.15, 0.2) is 0 Å². The first kappa shape index (κ1) is 13.1. The Labute approximate surface area is 113 Å². The monoisotopic (exact) mass is 254 g/mol. The lowest BCUT2D eigenvalue weighted by atomic mass is 10.1. The Morgan fingerprint density at radius 1 is 1.21 bits per heavy atom. The lowest BCUT2D eigenvalue weighted by Gasteiger charge is -2.12. The van der Waals surface area contributed by atoms with E-state index in [0.29, 0.717) is 5.56 Å². The van der Waals surface area contributed by atoms with E-state index in [0.717, 1.165) is 28.9 Å². The Morgan fingerprint density at radius 2 is 1.89 bits per heavy atom. The molecule has 0 spiro atoms. The molecule has 3 heteroatoms. The molecule has 0 fully saturated rings. The van der Waals surface area contributed by atoms with E-state index in [1.165, 1.54) is 0 Å². The third-order valence-corrected chi connectivity index (χ3v) is 3.15. The summed E-state index contributed by atoms with van der Waals surface area (Å²) in [4.78, 5) is 12.1. The number of benzene rings is 2. The van der Waals surface area contributed by atoms with Gasteiger partial charge in [-0.05, 0) is 48.7 Å². The molecule has 3 N–H and O–H groups in total. The van der Waals surface area contributed by atoms with Crippen LogP contribution in [0.4, 0.5) is 11.4 Å². The van der Waals surface area contributed by atoms with Crippen LogP contribution in [0.3, 0.4) is 0 Å². The predicted molar refractivity (Wildman–Crippen MR) is 79.4 cm³/mol. The average Bonchev–Trinajstić information content (AvgIpc) is 2.42. The number of hydrogen-bond donors (Lipinski definition) is 2. The molecule has 0 saturated heterocycles. The van der Waals surface area contributed by atoms with Crippen LogP contribution < -0.4 is 11.1 Å². The first-order chi connectivity index (χ1) is 9.11. The van der Waals surface area contributed by atoms with Crippen LogP contribution in [0.25, 0.3) is 0 Å². The minimum Gasteiger partial charge on any atom is -0.398 e. The minimum absolute atomic E-state index is 0.101. The number of rotatable bonds is 3. The van der Waals surface area contributed by atoms with Gasteiger partial charge in [0.05, 0.1) is 0 Å². The molecular formula is C16H18N2O. The standard InChI is InChI=1S/C16H18N2O/c1-3-12-10-15(11(2)9-14(12)17)18-16(19)13-7-5-4-6-8-13/h4-10H,3,17H2,1-2H3,(H,18,19). The number of carbonyl (C=O) groups excluding carboxylic acids is 1. The van der Waals surface area contributed by atoms with Gasteiger partial charge in [0.25, 0.3) is 5.91 Å². The highest BCUT2D eigenvalue weighted by atomic mass is 16.1. The molecule has 0 aliphatic carbocycles. The molecule has 3 nitrogen and oxygen atoms in total. The fourth-order valence-electron chi connectivity index (χ4n) is 2.00. The largest absolute Gasteiger partial charge is 0.398 e. The van der Waals surface area contributed by atoms with E-state index in [9.17, 15) is 4.79 Å². The molecule has 0 saturated carbocycles. The van der Waals surface area contributed by atoms with Crippen molar-refractivity contribution in [2.75, 3.05) is 11.1 Å². The number of nitrogens with two attached hydrogens (primary N) is 1. The second-order valence-electron chi connectivity index (χ2n) is 4.54. The Hall–Kier alpha value is -2.29. The molecular weight excluding hydrogens is 236 g/mol. The van der Waals surface area contributed by atoms with Crippen molar-refractivity contribution in [3.63, 3.8) is 0 Å². The van der Waals surface area contributed by atoms with E-state index >= 15 is 0 Å². The highest BCUT2D eigenvalue weighted by molar-refractivity contribution is 6.04. The summed E-state index contributed by atoms with van der Waals surface area (Å²) in [5, 5.41) is 2.93. The van der Waals surface area contributed by atoms with E-state index in [2.05, 4.69) is 5.32 Å². The molecule has 0 bridgehead atoms. The fraction of sp³-hybridized carbons (Fsp3) is 0.188. The predicted octanol–water partition coefficient (Wildman–Crippen LogP) is 3.39. The van der Waals surface area contributed by atoms with Gasteiger partial charge >= 0.3 is 0 Å². The fourth-order valence-corrected chi connectivity index (χ4v) is 2.00. The van der Waals surface area contributed by atoms with Crippen LogP contribution in [-0.4, -0.2) is 5.91 Å². The maximum absolute atomic E-state index is 12.1. The van der Waals surface area contributed by atoms with Gasteiger partial charge in [0.1, 0.15) is 0 Å². The molecule has 98 valence electrons. The zero-order valence-corrected chi connectivity index (χ0v) is 11.2. The second-order valence-corrected chi connectivity index (χ2v) is 4.54. The highest BCUT2D eigenvalue weighted by Gasteiger charge is 2.09. The van der Waals surface area contributed by atoms with Crippen LogP contribution in [0, 0.1) is 6.92 Å². The third-order valence-electron chi connectivity index (χ3n) is 3.15. The topological polar surface area (TPSA) is 55.1 Å². The van der Waals surface area contributed by atoms with Gasteiger partial charge in [-0.25, -0.2) is 0 Å². The third kappa shape index (κ3) is 2.94. The summed E-state index contributed by atoms with van der Waals surface area (Å²) in [6, 6.07) is 13.0. The molecule has 0 unspecified atom stereocenters. The maximum atomic E-state index is 12.1. The quantitative estimate of drug-likeness (QED) is 0.825. The Kier molecular flexibility index (Phi) is 3.85. The zero-order valence-electron chi connectivity index (χ0n) is 11.2. The molecule has 19 heavy (non-hydrogen) atoms. The van der Waals surface area contributed by atoms with Crippen molar-refractivity contribution in [1.29, 1.82) is 0 Å². The van der Waals surface area contributed by atoms with Gasteiger partial charge in [-0.1, -0.05) is 25.1 Å². The average molecular weight is 254 g/mol. The van der Waals surface area contributed by atoms with Crippen molar-refractivity contribution < 1.29 is 4.79 Å². The molecule has 2 aromatic rings. The van der Waals surface area contributed by atoms with Crippen LogP contribution in [0.15, 0.2) is 42.5 Å². The minimum atomic E-state index is -0.101. The van der Waals surface area contributed by atoms with Crippen LogP contribution in [0.1, 0.15) is 28.4 Å². The SMILES string of the molecule is CCc1cc(NC(=O)c2ccccc2)c(C)cc1N. The van der Waals surface area contributed by atoms with E-state index < -0.39 is 0 Å². The summed E-state index contributed by atoms with van der Waals surface area (Å²) < 4.78 is 0. The maximum Gasteiger partial charge on any atom is 0.255 e. The van der Waals surface area contributed by atoms with Crippen molar-refractivity contribution in [3.8, 4) is 0 Å².